The maximum atomic E-state index is 11.6. The fraction of sp³-hybridized carbons (Fsp3) is 0.917. The van der Waals surface area contributed by atoms with Crippen molar-refractivity contribution < 1.29 is 9.90 Å². The average molecular weight is 535 g/mol. The van der Waals surface area contributed by atoms with E-state index in [4.69, 9.17) is 0 Å². The molecule has 2 heteroatoms. The highest BCUT2D eigenvalue weighted by Crippen LogP contribution is 2.20. The summed E-state index contributed by atoms with van der Waals surface area (Å²) in [6.07, 6.45) is 43.9. The predicted molar refractivity (Wildman–Crippen MR) is 170 cm³/mol. The monoisotopic (exact) mass is 535 g/mol. The quantitative estimate of drug-likeness (QED) is 0.0688. The van der Waals surface area contributed by atoms with Crippen LogP contribution >= 0.6 is 0 Å². The number of rotatable bonds is 32. The minimum Gasteiger partial charge on any atom is -0.481 e. The SMILES string of the molecule is CCCCCC/C=C/CCCCCCCCC(CCCCCCCCCCCCCCCCCC)C(=O)O. The van der Waals surface area contributed by atoms with Crippen molar-refractivity contribution in [3.05, 3.63) is 12.2 Å². The van der Waals surface area contributed by atoms with E-state index in [0.29, 0.717) is 0 Å². The predicted octanol–water partition coefficient (Wildman–Crippen LogP) is 13.0. The molecular weight excluding hydrogens is 464 g/mol. The van der Waals surface area contributed by atoms with Crippen LogP contribution < -0.4 is 0 Å². The molecule has 0 amide bonds. The molecule has 1 atom stereocenters. The van der Waals surface area contributed by atoms with Crippen LogP contribution in [0.5, 0.6) is 0 Å². The number of allylic oxidation sites excluding steroid dienone is 2. The highest BCUT2D eigenvalue weighted by molar-refractivity contribution is 5.69. The van der Waals surface area contributed by atoms with Gasteiger partial charge in [0, 0.05) is 0 Å². The molecule has 0 saturated heterocycles. The van der Waals surface area contributed by atoms with Gasteiger partial charge in [-0.1, -0.05) is 180 Å². The van der Waals surface area contributed by atoms with Gasteiger partial charge in [0.05, 0.1) is 5.92 Å². The molecule has 0 aliphatic rings. The second kappa shape index (κ2) is 32.4. The normalized spacial score (nSPS) is 12.5. The van der Waals surface area contributed by atoms with Crippen molar-refractivity contribution in [1.29, 1.82) is 0 Å². The van der Waals surface area contributed by atoms with Gasteiger partial charge in [-0.3, -0.25) is 4.79 Å². The van der Waals surface area contributed by atoms with Gasteiger partial charge in [-0.2, -0.15) is 0 Å². The van der Waals surface area contributed by atoms with E-state index in [2.05, 4.69) is 26.0 Å². The molecule has 2 nitrogen and oxygen atoms in total. The lowest BCUT2D eigenvalue weighted by Crippen LogP contribution is -2.13. The molecule has 226 valence electrons. The van der Waals surface area contributed by atoms with Crippen LogP contribution in [0, 0.1) is 5.92 Å². The maximum absolute atomic E-state index is 11.6. The zero-order valence-electron chi connectivity index (χ0n) is 26.3. The van der Waals surface area contributed by atoms with Crippen LogP contribution in [0.3, 0.4) is 0 Å². The molecule has 0 rings (SSSR count). The molecule has 0 aliphatic heterocycles. The Labute approximate surface area is 240 Å². The minimum atomic E-state index is -0.563. The lowest BCUT2D eigenvalue weighted by Gasteiger charge is -2.12. The first-order valence-corrected chi connectivity index (χ1v) is 17.6. The van der Waals surface area contributed by atoms with Crippen molar-refractivity contribution in [3.8, 4) is 0 Å². The number of carbonyl (C=O) groups is 1. The summed E-state index contributed by atoms with van der Waals surface area (Å²) < 4.78 is 0. The van der Waals surface area contributed by atoms with Gasteiger partial charge < -0.3 is 5.11 Å². The fourth-order valence-corrected chi connectivity index (χ4v) is 5.61. The van der Waals surface area contributed by atoms with E-state index >= 15 is 0 Å². The third-order valence-corrected chi connectivity index (χ3v) is 8.32. The number of unbranched alkanes of at least 4 members (excludes halogenated alkanes) is 25. The van der Waals surface area contributed by atoms with Gasteiger partial charge in [-0.15, -0.1) is 0 Å². The summed E-state index contributed by atoms with van der Waals surface area (Å²) in [5, 5.41) is 9.60. The van der Waals surface area contributed by atoms with E-state index in [1.54, 1.807) is 0 Å². The number of carboxylic acids is 1. The Kier molecular flexibility index (Phi) is 31.7. The molecule has 0 radical (unpaired) electrons. The van der Waals surface area contributed by atoms with Crippen molar-refractivity contribution >= 4 is 5.97 Å². The lowest BCUT2D eigenvalue weighted by atomic mass is 9.94. The molecule has 0 fully saturated rings. The first kappa shape index (κ1) is 37.2. The van der Waals surface area contributed by atoms with Crippen LogP contribution in [0.2, 0.25) is 0 Å². The molecule has 0 saturated carbocycles. The average Bonchev–Trinajstić information content (AvgIpc) is 2.91. The lowest BCUT2D eigenvalue weighted by molar-refractivity contribution is -0.142. The highest BCUT2D eigenvalue weighted by Gasteiger charge is 2.16. The summed E-state index contributed by atoms with van der Waals surface area (Å²) in [7, 11) is 0. The van der Waals surface area contributed by atoms with Gasteiger partial charge >= 0.3 is 5.97 Å². The van der Waals surface area contributed by atoms with Crippen molar-refractivity contribution in [3.63, 3.8) is 0 Å². The van der Waals surface area contributed by atoms with Crippen LogP contribution in [0.1, 0.15) is 206 Å². The van der Waals surface area contributed by atoms with Crippen LogP contribution in [0.25, 0.3) is 0 Å². The molecule has 0 aromatic rings. The molecule has 0 aromatic heterocycles. The zero-order chi connectivity index (χ0) is 27.8. The summed E-state index contributed by atoms with van der Waals surface area (Å²) in [6.45, 7) is 4.55. The third kappa shape index (κ3) is 29.8. The summed E-state index contributed by atoms with van der Waals surface area (Å²) in [5.74, 6) is -0.670. The van der Waals surface area contributed by atoms with Gasteiger partial charge in [-0.05, 0) is 38.5 Å². The molecule has 0 bridgehead atoms. The first-order valence-electron chi connectivity index (χ1n) is 17.6. The summed E-state index contributed by atoms with van der Waals surface area (Å²) in [5.41, 5.74) is 0. The summed E-state index contributed by atoms with van der Waals surface area (Å²) >= 11 is 0. The zero-order valence-corrected chi connectivity index (χ0v) is 26.3. The van der Waals surface area contributed by atoms with Gasteiger partial charge in [-0.25, -0.2) is 0 Å². The molecule has 1 N–H and O–H groups in total. The Balaban J connectivity index is 3.42. The standard InChI is InChI=1S/C36H70O2/c1-3-5-7-9-11-13-15-17-19-20-22-24-26-28-30-32-34-35(36(37)38)33-31-29-27-25-23-21-18-16-14-12-10-8-6-4-2/h14,16,35H,3-13,15,17-34H2,1-2H3,(H,37,38)/b16-14+. The van der Waals surface area contributed by atoms with Crippen molar-refractivity contribution in [2.45, 2.75) is 206 Å². The molecule has 0 spiro atoms. The molecule has 38 heavy (non-hydrogen) atoms. The van der Waals surface area contributed by atoms with Crippen LogP contribution in [0.15, 0.2) is 12.2 Å². The topological polar surface area (TPSA) is 37.3 Å². The molecule has 0 heterocycles. The van der Waals surface area contributed by atoms with Crippen molar-refractivity contribution in [1.82, 2.24) is 0 Å². The molecule has 0 aliphatic carbocycles. The smallest absolute Gasteiger partial charge is 0.306 e. The van der Waals surface area contributed by atoms with Gasteiger partial charge in [0.2, 0.25) is 0 Å². The first-order chi connectivity index (χ1) is 18.7. The highest BCUT2D eigenvalue weighted by atomic mass is 16.4. The Morgan fingerprint density at radius 3 is 1.03 bits per heavy atom. The third-order valence-electron chi connectivity index (χ3n) is 8.32. The van der Waals surface area contributed by atoms with Gasteiger partial charge in [0.15, 0.2) is 0 Å². The molecular formula is C36H70O2. The number of hydrogen-bond acceptors (Lipinski definition) is 1. The number of carboxylic acid groups (broad SMARTS) is 1. The summed E-state index contributed by atoms with van der Waals surface area (Å²) in [6, 6.07) is 0. The van der Waals surface area contributed by atoms with Crippen LogP contribution in [-0.4, -0.2) is 11.1 Å². The minimum absolute atomic E-state index is 0.107. The van der Waals surface area contributed by atoms with Crippen LogP contribution in [-0.2, 0) is 4.79 Å². The van der Waals surface area contributed by atoms with E-state index in [-0.39, 0.29) is 5.92 Å². The maximum Gasteiger partial charge on any atom is 0.306 e. The Morgan fingerprint density at radius 2 is 0.711 bits per heavy atom. The van der Waals surface area contributed by atoms with Crippen LogP contribution in [0.4, 0.5) is 0 Å². The Bertz CT molecular complexity index is 484. The molecule has 1 unspecified atom stereocenters. The van der Waals surface area contributed by atoms with E-state index in [1.807, 2.05) is 0 Å². The molecule has 0 aromatic carbocycles. The van der Waals surface area contributed by atoms with Gasteiger partial charge in [0.25, 0.3) is 0 Å². The van der Waals surface area contributed by atoms with Gasteiger partial charge in [0.1, 0.15) is 0 Å². The Morgan fingerprint density at radius 1 is 0.447 bits per heavy atom. The van der Waals surface area contributed by atoms with E-state index < -0.39 is 5.97 Å². The van der Waals surface area contributed by atoms with E-state index in [0.717, 1.165) is 25.7 Å². The van der Waals surface area contributed by atoms with Crippen molar-refractivity contribution in [2.24, 2.45) is 5.92 Å². The second-order valence-corrected chi connectivity index (χ2v) is 12.1. The van der Waals surface area contributed by atoms with Crippen molar-refractivity contribution in [2.75, 3.05) is 0 Å². The van der Waals surface area contributed by atoms with E-state index in [1.165, 1.54) is 167 Å². The second-order valence-electron chi connectivity index (χ2n) is 12.1. The Hall–Kier alpha value is -0.790. The number of aliphatic carboxylic acids is 1. The largest absolute Gasteiger partial charge is 0.481 e. The fourth-order valence-electron chi connectivity index (χ4n) is 5.61. The number of hydrogen-bond donors (Lipinski definition) is 1. The summed E-state index contributed by atoms with van der Waals surface area (Å²) in [4.78, 5) is 11.6. The van der Waals surface area contributed by atoms with E-state index in [9.17, 15) is 9.90 Å².